The van der Waals surface area contributed by atoms with Gasteiger partial charge in [0, 0.05) is 17.3 Å². The van der Waals surface area contributed by atoms with E-state index in [2.05, 4.69) is 10.3 Å². The molecule has 4 nitrogen and oxygen atoms in total. The number of thiophene rings is 1. The van der Waals surface area contributed by atoms with Crippen LogP contribution in [0.3, 0.4) is 0 Å². The van der Waals surface area contributed by atoms with E-state index in [9.17, 15) is 4.79 Å². The lowest BCUT2D eigenvalue weighted by atomic mass is 10.3. The van der Waals surface area contributed by atoms with Gasteiger partial charge in [0.05, 0.1) is 6.04 Å². The fraction of sp³-hybridized carbons (Fsp3) is 0.200. The lowest BCUT2D eigenvalue weighted by Gasteiger charge is -2.11. The molecule has 0 saturated carbocycles. The Morgan fingerprint density at radius 3 is 3.13 bits per heavy atom. The fourth-order valence-corrected chi connectivity index (χ4v) is 1.98. The Balaban J connectivity index is 2.01. The molecule has 0 aromatic carbocycles. The van der Waals surface area contributed by atoms with Crippen LogP contribution in [0, 0.1) is 0 Å². The molecule has 0 spiro atoms. The van der Waals surface area contributed by atoms with E-state index in [0.29, 0.717) is 0 Å². The van der Waals surface area contributed by atoms with Crippen LogP contribution in [0.5, 0.6) is 0 Å². The minimum Gasteiger partial charge on any atom is -0.330 e. The van der Waals surface area contributed by atoms with Gasteiger partial charge in [0.2, 0.25) is 0 Å². The van der Waals surface area contributed by atoms with Crippen molar-refractivity contribution in [2.75, 3.05) is 0 Å². The molecule has 0 aliphatic heterocycles. The molecule has 0 saturated heterocycles. The van der Waals surface area contributed by atoms with Crippen molar-refractivity contribution < 1.29 is 4.79 Å². The van der Waals surface area contributed by atoms with Crippen LogP contribution in [0.15, 0.2) is 36.2 Å². The molecule has 2 aromatic heterocycles. The van der Waals surface area contributed by atoms with E-state index in [0.717, 1.165) is 4.88 Å². The molecule has 1 amide bonds. The van der Waals surface area contributed by atoms with E-state index < -0.39 is 0 Å². The number of rotatable bonds is 2. The van der Waals surface area contributed by atoms with Gasteiger partial charge in [-0.3, -0.25) is 4.57 Å². The highest BCUT2D eigenvalue weighted by Gasteiger charge is 2.10. The topological polar surface area (TPSA) is 46.9 Å². The van der Waals surface area contributed by atoms with Crippen LogP contribution in [0.25, 0.3) is 0 Å². The van der Waals surface area contributed by atoms with Gasteiger partial charge in [-0.2, -0.15) is 0 Å². The summed E-state index contributed by atoms with van der Waals surface area (Å²) >= 11 is 1.63. The summed E-state index contributed by atoms with van der Waals surface area (Å²) in [5.41, 5.74) is 0. The summed E-state index contributed by atoms with van der Waals surface area (Å²) in [5.74, 6) is 0. The van der Waals surface area contributed by atoms with Crippen LogP contribution in [0.1, 0.15) is 17.8 Å². The Bertz CT molecular complexity index is 421. The number of aromatic nitrogens is 2. The molecule has 5 heteroatoms. The summed E-state index contributed by atoms with van der Waals surface area (Å²) in [6.45, 7) is 1.96. The van der Waals surface area contributed by atoms with E-state index in [-0.39, 0.29) is 12.1 Å². The highest BCUT2D eigenvalue weighted by atomic mass is 32.1. The van der Waals surface area contributed by atoms with Crippen molar-refractivity contribution in [3.8, 4) is 0 Å². The summed E-state index contributed by atoms with van der Waals surface area (Å²) in [7, 11) is 0. The predicted octanol–water partition coefficient (Wildman–Crippen LogP) is 2.26. The molecule has 0 aliphatic carbocycles. The van der Waals surface area contributed by atoms with Crippen LogP contribution in [-0.4, -0.2) is 15.6 Å². The number of imidazole rings is 1. The highest BCUT2D eigenvalue weighted by Crippen LogP contribution is 2.17. The summed E-state index contributed by atoms with van der Waals surface area (Å²) < 4.78 is 1.42. The van der Waals surface area contributed by atoms with Crippen molar-refractivity contribution in [3.05, 3.63) is 41.1 Å². The molecule has 0 radical (unpaired) electrons. The van der Waals surface area contributed by atoms with Gasteiger partial charge >= 0.3 is 6.03 Å². The van der Waals surface area contributed by atoms with Gasteiger partial charge in [-0.25, -0.2) is 9.78 Å². The van der Waals surface area contributed by atoms with Crippen molar-refractivity contribution >= 4 is 17.4 Å². The number of hydrogen-bond acceptors (Lipinski definition) is 3. The van der Waals surface area contributed by atoms with Gasteiger partial charge in [-0.05, 0) is 18.4 Å². The lowest BCUT2D eigenvalue weighted by molar-refractivity contribution is 0.239. The molecule has 2 rings (SSSR count). The first-order valence-corrected chi connectivity index (χ1v) is 5.47. The number of nitrogens with one attached hydrogen (secondary N) is 1. The molecule has 2 heterocycles. The fourth-order valence-electron chi connectivity index (χ4n) is 1.25. The molecular weight excluding hydrogens is 210 g/mol. The number of hydrogen-bond donors (Lipinski definition) is 1. The zero-order valence-corrected chi connectivity index (χ0v) is 9.07. The van der Waals surface area contributed by atoms with Crippen LogP contribution in [0.2, 0.25) is 0 Å². The van der Waals surface area contributed by atoms with Gasteiger partial charge in [0.15, 0.2) is 0 Å². The Labute approximate surface area is 91.6 Å². The minimum absolute atomic E-state index is 0.0277. The van der Waals surface area contributed by atoms with Crippen molar-refractivity contribution in [2.24, 2.45) is 0 Å². The molecule has 0 unspecified atom stereocenters. The predicted molar refractivity (Wildman–Crippen MR) is 58.9 cm³/mol. The smallest absolute Gasteiger partial charge is 0.327 e. The third-order valence-electron chi connectivity index (χ3n) is 2.05. The molecule has 1 atom stereocenters. The first kappa shape index (κ1) is 9.92. The maximum Gasteiger partial charge on any atom is 0.327 e. The van der Waals surface area contributed by atoms with Gasteiger partial charge in [-0.1, -0.05) is 6.07 Å². The highest BCUT2D eigenvalue weighted by molar-refractivity contribution is 7.10. The maximum atomic E-state index is 11.6. The van der Waals surface area contributed by atoms with E-state index in [1.165, 1.54) is 10.9 Å². The summed E-state index contributed by atoms with van der Waals surface area (Å²) in [4.78, 5) is 16.6. The standard InChI is InChI=1S/C10H11N3OS/c1-8(9-3-2-6-15-9)12-10(14)13-5-4-11-7-13/h2-8H,1H3,(H,12,14)/t8-/m1/s1. The average molecular weight is 221 g/mol. The first-order valence-electron chi connectivity index (χ1n) is 4.59. The largest absolute Gasteiger partial charge is 0.330 e. The average Bonchev–Trinajstić information content (AvgIpc) is 2.91. The molecular formula is C10H11N3OS. The molecule has 15 heavy (non-hydrogen) atoms. The third-order valence-corrected chi connectivity index (χ3v) is 3.10. The Morgan fingerprint density at radius 2 is 2.53 bits per heavy atom. The molecule has 0 fully saturated rings. The van der Waals surface area contributed by atoms with E-state index in [1.54, 1.807) is 23.7 Å². The number of amides is 1. The summed E-state index contributed by atoms with van der Waals surface area (Å²) in [6.07, 6.45) is 4.68. The Hall–Kier alpha value is -1.62. The van der Waals surface area contributed by atoms with E-state index >= 15 is 0 Å². The maximum absolute atomic E-state index is 11.6. The van der Waals surface area contributed by atoms with Gasteiger partial charge in [0.1, 0.15) is 6.33 Å². The van der Waals surface area contributed by atoms with Crippen molar-refractivity contribution in [2.45, 2.75) is 13.0 Å². The first-order chi connectivity index (χ1) is 7.27. The van der Waals surface area contributed by atoms with Gasteiger partial charge in [0.25, 0.3) is 0 Å². The van der Waals surface area contributed by atoms with Crippen LogP contribution < -0.4 is 5.32 Å². The number of carbonyl (C=O) groups excluding carboxylic acids is 1. The van der Waals surface area contributed by atoms with Crippen LogP contribution >= 0.6 is 11.3 Å². The van der Waals surface area contributed by atoms with Crippen LogP contribution in [-0.2, 0) is 0 Å². The zero-order chi connectivity index (χ0) is 10.7. The normalized spacial score (nSPS) is 12.3. The Kier molecular flexibility index (Phi) is 2.82. The van der Waals surface area contributed by atoms with Crippen LogP contribution in [0.4, 0.5) is 4.79 Å². The third kappa shape index (κ3) is 2.24. The molecule has 78 valence electrons. The van der Waals surface area contributed by atoms with E-state index in [4.69, 9.17) is 0 Å². The summed E-state index contributed by atoms with van der Waals surface area (Å²) in [6, 6.07) is 3.84. The lowest BCUT2D eigenvalue weighted by Crippen LogP contribution is -2.29. The molecule has 0 aliphatic rings. The SMILES string of the molecule is C[C@@H](NC(=O)n1ccnc1)c1cccs1. The zero-order valence-electron chi connectivity index (χ0n) is 8.25. The Morgan fingerprint density at radius 1 is 1.67 bits per heavy atom. The second-order valence-corrected chi connectivity index (χ2v) is 4.14. The van der Waals surface area contributed by atoms with Gasteiger partial charge in [-0.15, -0.1) is 11.3 Å². The molecule has 2 aromatic rings. The van der Waals surface area contributed by atoms with E-state index in [1.807, 2.05) is 24.4 Å². The second-order valence-electron chi connectivity index (χ2n) is 3.16. The van der Waals surface area contributed by atoms with Crippen molar-refractivity contribution in [1.29, 1.82) is 0 Å². The number of carbonyl (C=O) groups is 1. The quantitative estimate of drug-likeness (QED) is 0.845. The molecule has 1 N–H and O–H groups in total. The van der Waals surface area contributed by atoms with Crippen molar-refractivity contribution in [3.63, 3.8) is 0 Å². The van der Waals surface area contributed by atoms with Crippen molar-refractivity contribution in [1.82, 2.24) is 14.9 Å². The second kappa shape index (κ2) is 4.27. The monoisotopic (exact) mass is 221 g/mol. The minimum atomic E-state index is -0.159. The van der Waals surface area contributed by atoms with Gasteiger partial charge < -0.3 is 5.32 Å². The summed E-state index contributed by atoms with van der Waals surface area (Å²) in [5, 5.41) is 4.87. The number of nitrogens with zero attached hydrogens (tertiary/aromatic N) is 2. The molecule has 0 bridgehead atoms.